The molecular formula is C13H20FN3O. The predicted octanol–water partition coefficient (Wildman–Crippen LogP) is 1.01. The van der Waals surface area contributed by atoms with Crippen molar-refractivity contribution in [1.29, 1.82) is 0 Å². The van der Waals surface area contributed by atoms with Crippen LogP contribution in [0.2, 0.25) is 0 Å². The van der Waals surface area contributed by atoms with Gasteiger partial charge in [-0.2, -0.15) is 0 Å². The SMILES string of the molecule is CN1CCN(c2ccc(CCON)cc2F)CC1. The Morgan fingerprint density at radius 2 is 2.00 bits per heavy atom. The number of hydrogen-bond acceptors (Lipinski definition) is 4. The molecule has 0 atom stereocenters. The molecule has 0 aromatic heterocycles. The van der Waals surface area contributed by atoms with Gasteiger partial charge in [-0.1, -0.05) is 6.07 Å². The summed E-state index contributed by atoms with van der Waals surface area (Å²) in [7, 11) is 2.09. The zero-order valence-corrected chi connectivity index (χ0v) is 10.7. The normalized spacial score (nSPS) is 17.2. The monoisotopic (exact) mass is 253 g/mol. The van der Waals surface area contributed by atoms with Crippen molar-refractivity contribution < 1.29 is 9.23 Å². The number of benzene rings is 1. The Balaban J connectivity index is 2.05. The number of nitrogens with two attached hydrogens (primary N) is 1. The van der Waals surface area contributed by atoms with E-state index in [1.54, 1.807) is 6.07 Å². The number of likely N-dealkylation sites (N-methyl/N-ethyl adjacent to an activating group) is 1. The molecule has 1 aliphatic heterocycles. The summed E-state index contributed by atoms with van der Waals surface area (Å²) in [6.07, 6.45) is 0.635. The number of rotatable bonds is 4. The summed E-state index contributed by atoms with van der Waals surface area (Å²) in [6, 6.07) is 5.37. The van der Waals surface area contributed by atoms with Crippen LogP contribution >= 0.6 is 0 Å². The van der Waals surface area contributed by atoms with E-state index < -0.39 is 0 Å². The lowest BCUT2D eigenvalue weighted by atomic mass is 10.1. The predicted molar refractivity (Wildman–Crippen MR) is 70.0 cm³/mol. The summed E-state index contributed by atoms with van der Waals surface area (Å²) in [6.45, 7) is 4.11. The number of nitrogens with zero attached hydrogens (tertiary/aromatic N) is 2. The second-order valence-electron chi connectivity index (χ2n) is 4.70. The highest BCUT2D eigenvalue weighted by atomic mass is 19.1. The minimum Gasteiger partial charge on any atom is -0.367 e. The van der Waals surface area contributed by atoms with Gasteiger partial charge in [-0.25, -0.2) is 10.3 Å². The average molecular weight is 253 g/mol. The van der Waals surface area contributed by atoms with Crippen molar-refractivity contribution in [2.45, 2.75) is 6.42 Å². The van der Waals surface area contributed by atoms with E-state index in [2.05, 4.69) is 21.7 Å². The largest absolute Gasteiger partial charge is 0.367 e. The standard InChI is InChI=1S/C13H20FN3O/c1-16-5-7-17(8-6-16)13-3-2-11(4-9-18-15)10-12(13)14/h2-3,10H,4-9,15H2,1H3. The molecule has 1 heterocycles. The Labute approximate surface area is 107 Å². The summed E-state index contributed by atoms with van der Waals surface area (Å²) in [4.78, 5) is 8.85. The Morgan fingerprint density at radius 1 is 1.28 bits per heavy atom. The molecule has 0 aliphatic carbocycles. The van der Waals surface area contributed by atoms with Crippen molar-refractivity contribution in [3.8, 4) is 0 Å². The molecule has 1 saturated heterocycles. The van der Waals surface area contributed by atoms with Crippen molar-refractivity contribution in [2.24, 2.45) is 5.90 Å². The zero-order chi connectivity index (χ0) is 13.0. The first-order valence-corrected chi connectivity index (χ1v) is 6.24. The molecule has 1 aromatic rings. The Hall–Kier alpha value is -1.17. The molecule has 1 aromatic carbocycles. The van der Waals surface area contributed by atoms with Crippen molar-refractivity contribution in [3.63, 3.8) is 0 Å². The fourth-order valence-corrected chi connectivity index (χ4v) is 2.19. The van der Waals surface area contributed by atoms with Crippen LogP contribution in [0.25, 0.3) is 0 Å². The summed E-state index contributed by atoms with van der Waals surface area (Å²) in [5, 5.41) is 0. The van der Waals surface area contributed by atoms with Crippen molar-refractivity contribution >= 4 is 5.69 Å². The molecule has 0 spiro atoms. The fourth-order valence-electron chi connectivity index (χ4n) is 2.19. The number of piperazine rings is 1. The Kier molecular flexibility index (Phi) is 4.52. The molecule has 2 N–H and O–H groups in total. The summed E-state index contributed by atoms with van der Waals surface area (Å²) in [5.74, 6) is 4.81. The van der Waals surface area contributed by atoms with Gasteiger partial charge in [0.1, 0.15) is 5.82 Å². The van der Waals surface area contributed by atoms with E-state index in [9.17, 15) is 4.39 Å². The summed E-state index contributed by atoms with van der Waals surface area (Å²) < 4.78 is 14.0. The maximum Gasteiger partial charge on any atom is 0.146 e. The van der Waals surface area contributed by atoms with E-state index in [1.165, 1.54) is 0 Å². The lowest BCUT2D eigenvalue weighted by molar-refractivity contribution is 0.141. The first-order chi connectivity index (χ1) is 8.70. The van der Waals surface area contributed by atoms with Gasteiger partial charge in [0.15, 0.2) is 0 Å². The third-order valence-corrected chi connectivity index (χ3v) is 3.36. The molecule has 1 aliphatic rings. The van der Waals surface area contributed by atoms with Crippen LogP contribution in [0.1, 0.15) is 5.56 Å². The van der Waals surface area contributed by atoms with Crippen LogP contribution in [0, 0.1) is 5.82 Å². The van der Waals surface area contributed by atoms with Gasteiger partial charge in [0.2, 0.25) is 0 Å². The third-order valence-electron chi connectivity index (χ3n) is 3.36. The minimum absolute atomic E-state index is 0.158. The van der Waals surface area contributed by atoms with Crippen LogP contribution in [0.4, 0.5) is 10.1 Å². The van der Waals surface area contributed by atoms with E-state index >= 15 is 0 Å². The van der Waals surface area contributed by atoms with Crippen LogP contribution < -0.4 is 10.8 Å². The van der Waals surface area contributed by atoms with Crippen molar-refractivity contribution in [1.82, 2.24) is 4.90 Å². The molecule has 5 heteroatoms. The van der Waals surface area contributed by atoms with Crippen molar-refractivity contribution in [2.75, 3.05) is 44.7 Å². The van der Waals surface area contributed by atoms with E-state index in [1.807, 2.05) is 12.1 Å². The van der Waals surface area contributed by atoms with Gasteiger partial charge < -0.3 is 14.6 Å². The van der Waals surface area contributed by atoms with Gasteiger partial charge in [-0.05, 0) is 31.2 Å². The van der Waals surface area contributed by atoms with Gasteiger partial charge in [0.05, 0.1) is 12.3 Å². The maximum atomic E-state index is 14.0. The smallest absolute Gasteiger partial charge is 0.146 e. The first-order valence-electron chi connectivity index (χ1n) is 6.24. The second kappa shape index (κ2) is 6.13. The molecule has 18 heavy (non-hydrogen) atoms. The average Bonchev–Trinajstić information content (AvgIpc) is 2.38. The first kappa shape index (κ1) is 13.3. The highest BCUT2D eigenvalue weighted by molar-refractivity contribution is 5.49. The van der Waals surface area contributed by atoms with Crippen LogP contribution in [0.5, 0.6) is 0 Å². The Morgan fingerprint density at radius 3 is 2.61 bits per heavy atom. The molecule has 0 unspecified atom stereocenters. The molecule has 2 rings (SSSR count). The summed E-state index contributed by atoms with van der Waals surface area (Å²) in [5.41, 5.74) is 1.61. The highest BCUT2D eigenvalue weighted by Gasteiger charge is 2.17. The van der Waals surface area contributed by atoms with Gasteiger partial charge >= 0.3 is 0 Å². The molecule has 0 bridgehead atoms. The topological polar surface area (TPSA) is 41.7 Å². The summed E-state index contributed by atoms with van der Waals surface area (Å²) >= 11 is 0. The van der Waals surface area contributed by atoms with Gasteiger partial charge in [-0.15, -0.1) is 0 Å². The third kappa shape index (κ3) is 3.19. The zero-order valence-electron chi connectivity index (χ0n) is 10.7. The van der Waals surface area contributed by atoms with Crippen LogP contribution in [-0.4, -0.2) is 44.7 Å². The van der Waals surface area contributed by atoms with Crippen LogP contribution in [-0.2, 0) is 11.3 Å². The number of hydrogen-bond donors (Lipinski definition) is 1. The van der Waals surface area contributed by atoms with E-state index in [0.29, 0.717) is 18.7 Å². The van der Waals surface area contributed by atoms with Gasteiger partial charge in [0, 0.05) is 26.2 Å². The van der Waals surface area contributed by atoms with E-state index in [0.717, 1.165) is 31.7 Å². The van der Waals surface area contributed by atoms with Crippen molar-refractivity contribution in [3.05, 3.63) is 29.6 Å². The van der Waals surface area contributed by atoms with Crippen LogP contribution in [0.3, 0.4) is 0 Å². The second-order valence-corrected chi connectivity index (χ2v) is 4.70. The molecule has 0 saturated carbocycles. The number of anilines is 1. The quantitative estimate of drug-likeness (QED) is 0.813. The minimum atomic E-state index is -0.158. The highest BCUT2D eigenvalue weighted by Crippen LogP contribution is 2.22. The van der Waals surface area contributed by atoms with E-state index in [-0.39, 0.29) is 5.82 Å². The van der Waals surface area contributed by atoms with Crippen LogP contribution in [0.15, 0.2) is 18.2 Å². The number of halogens is 1. The maximum absolute atomic E-state index is 14.0. The molecule has 0 amide bonds. The molecule has 4 nitrogen and oxygen atoms in total. The molecule has 100 valence electrons. The lowest BCUT2D eigenvalue weighted by Gasteiger charge is -2.34. The van der Waals surface area contributed by atoms with E-state index in [4.69, 9.17) is 5.90 Å². The molecule has 1 fully saturated rings. The van der Waals surface area contributed by atoms with Gasteiger partial charge in [0.25, 0.3) is 0 Å². The fraction of sp³-hybridized carbons (Fsp3) is 0.538. The molecule has 0 radical (unpaired) electrons. The lowest BCUT2D eigenvalue weighted by Crippen LogP contribution is -2.44. The van der Waals surface area contributed by atoms with Gasteiger partial charge in [-0.3, -0.25) is 0 Å². The molecular weight excluding hydrogens is 233 g/mol. The Bertz CT molecular complexity index is 392.